The summed E-state index contributed by atoms with van der Waals surface area (Å²) in [5.74, 6) is 1.35. The van der Waals surface area contributed by atoms with E-state index in [4.69, 9.17) is 4.98 Å². The molecular formula is C20H26N6S. The van der Waals surface area contributed by atoms with Gasteiger partial charge in [0.2, 0.25) is 0 Å². The Morgan fingerprint density at radius 2 is 2.26 bits per heavy atom. The van der Waals surface area contributed by atoms with Crippen molar-refractivity contribution in [3.63, 3.8) is 0 Å². The van der Waals surface area contributed by atoms with E-state index in [2.05, 4.69) is 52.5 Å². The number of hydrogen-bond acceptors (Lipinski definition) is 6. The molecule has 1 unspecified atom stereocenters. The summed E-state index contributed by atoms with van der Waals surface area (Å²) < 4.78 is 2.03. The normalized spacial score (nSPS) is 17.9. The Morgan fingerprint density at radius 3 is 3.04 bits per heavy atom. The summed E-state index contributed by atoms with van der Waals surface area (Å²) in [4.78, 5) is 11.7. The molecule has 6 nitrogen and oxygen atoms in total. The number of nitrogens with one attached hydrogen (secondary N) is 1. The predicted octanol–water partition coefficient (Wildman–Crippen LogP) is 4.19. The molecule has 3 aromatic heterocycles. The lowest BCUT2D eigenvalue weighted by Gasteiger charge is -2.32. The molecule has 0 bridgehead atoms. The molecule has 1 atom stereocenters. The molecule has 3 aromatic rings. The second kappa shape index (κ2) is 8.19. The van der Waals surface area contributed by atoms with Crippen molar-refractivity contribution in [2.24, 2.45) is 0 Å². The van der Waals surface area contributed by atoms with E-state index in [-0.39, 0.29) is 0 Å². The lowest BCUT2D eigenvalue weighted by atomic mass is 9.94. The van der Waals surface area contributed by atoms with Gasteiger partial charge in [0.1, 0.15) is 5.82 Å². The fourth-order valence-electron chi connectivity index (χ4n) is 3.70. The molecule has 0 saturated carbocycles. The van der Waals surface area contributed by atoms with Gasteiger partial charge in [0, 0.05) is 54.6 Å². The van der Waals surface area contributed by atoms with E-state index in [1.807, 2.05) is 16.1 Å². The zero-order valence-corrected chi connectivity index (χ0v) is 16.7. The van der Waals surface area contributed by atoms with Crippen LogP contribution in [0.3, 0.4) is 0 Å². The van der Waals surface area contributed by atoms with Gasteiger partial charge in [-0.05, 0) is 45.4 Å². The highest BCUT2D eigenvalue weighted by molar-refractivity contribution is 7.13. The number of anilines is 2. The Kier molecular flexibility index (Phi) is 5.50. The summed E-state index contributed by atoms with van der Waals surface area (Å²) >= 11 is 1.59. The van der Waals surface area contributed by atoms with Gasteiger partial charge in [-0.15, -0.1) is 11.3 Å². The zero-order chi connectivity index (χ0) is 18.6. The van der Waals surface area contributed by atoms with E-state index >= 15 is 0 Å². The summed E-state index contributed by atoms with van der Waals surface area (Å²) in [6.07, 6.45) is 6.39. The molecule has 0 aromatic carbocycles. The molecule has 0 spiro atoms. The van der Waals surface area contributed by atoms with Crippen LogP contribution in [0.2, 0.25) is 0 Å². The number of hydrogen-bond donors (Lipinski definition) is 1. The maximum absolute atomic E-state index is 4.86. The number of aromatic nitrogens is 4. The van der Waals surface area contributed by atoms with Crippen LogP contribution >= 0.6 is 11.3 Å². The minimum atomic E-state index is 0.471. The van der Waals surface area contributed by atoms with Crippen LogP contribution in [0, 0.1) is 6.92 Å². The fourth-order valence-corrected chi connectivity index (χ4v) is 4.24. The maximum Gasteiger partial charge on any atom is 0.188 e. The third-order valence-corrected chi connectivity index (χ3v) is 5.82. The van der Waals surface area contributed by atoms with Gasteiger partial charge < -0.3 is 5.32 Å². The molecule has 0 aliphatic carbocycles. The van der Waals surface area contributed by atoms with Crippen molar-refractivity contribution >= 4 is 22.3 Å². The number of rotatable bonds is 6. The molecule has 1 saturated heterocycles. The summed E-state index contributed by atoms with van der Waals surface area (Å²) in [6.45, 7) is 8.32. The highest BCUT2D eigenvalue weighted by atomic mass is 32.1. The zero-order valence-electron chi connectivity index (χ0n) is 15.9. The SMILES string of the molecule is CCn1cc(CN2CCCC(c3cccc(Nc4nccs4)n3)C2)c(C)n1. The molecule has 1 aliphatic rings. The van der Waals surface area contributed by atoms with Crippen molar-refractivity contribution in [1.29, 1.82) is 0 Å². The van der Waals surface area contributed by atoms with Crippen molar-refractivity contribution in [2.45, 2.75) is 45.7 Å². The van der Waals surface area contributed by atoms with Gasteiger partial charge in [-0.3, -0.25) is 9.58 Å². The van der Waals surface area contributed by atoms with Crippen LogP contribution in [0.1, 0.15) is 42.6 Å². The first-order valence-electron chi connectivity index (χ1n) is 9.60. The summed E-state index contributed by atoms with van der Waals surface area (Å²) in [7, 11) is 0. The van der Waals surface area contributed by atoms with Crippen LogP contribution in [0.5, 0.6) is 0 Å². The minimum absolute atomic E-state index is 0.471. The van der Waals surface area contributed by atoms with Gasteiger partial charge in [-0.1, -0.05) is 6.07 Å². The lowest BCUT2D eigenvalue weighted by Crippen LogP contribution is -2.34. The van der Waals surface area contributed by atoms with Crippen LogP contribution in [-0.2, 0) is 13.1 Å². The molecular weight excluding hydrogens is 356 g/mol. The summed E-state index contributed by atoms with van der Waals surface area (Å²) in [6, 6.07) is 6.25. The number of pyridine rings is 1. The molecule has 0 radical (unpaired) electrons. The third kappa shape index (κ3) is 4.36. The molecule has 142 valence electrons. The second-order valence-electron chi connectivity index (χ2n) is 7.08. The fraction of sp³-hybridized carbons (Fsp3) is 0.450. The van der Waals surface area contributed by atoms with Crippen LogP contribution in [-0.4, -0.2) is 37.7 Å². The Bertz CT molecular complexity index is 872. The number of thiazole rings is 1. The molecule has 7 heteroatoms. The molecule has 4 rings (SSSR count). The van der Waals surface area contributed by atoms with E-state index in [0.717, 1.165) is 42.8 Å². The van der Waals surface area contributed by atoms with Gasteiger partial charge in [-0.2, -0.15) is 5.10 Å². The van der Waals surface area contributed by atoms with E-state index < -0.39 is 0 Å². The molecule has 1 N–H and O–H groups in total. The average molecular weight is 383 g/mol. The quantitative estimate of drug-likeness (QED) is 0.693. The molecule has 4 heterocycles. The minimum Gasteiger partial charge on any atom is -0.316 e. The van der Waals surface area contributed by atoms with Gasteiger partial charge in [-0.25, -0.2) is 9.97 Å². The molecule has 0 amide bonds. The van der Waals surface area contributed by atoms with Crippen LogP contribution in [0.4, 0.5) is 10.9 Å². The van der Waals surface area contributed by atoms with Crippen molar-refractivity contribution in [3.8, 4) is 0 Å². The number of piperidine rings is 1. The van der Waals surface area contributed by atoms with E-state index in [9.17, 15) is 0 Å². The van der Waals surface area contributed by atoms with Crippen molar-refractivity contribution in [1.82, 2.24) is 24.6 Å². The van der Waals surface area contributed by atoms with E-state index in [1.165, 1.54) is 24.1 Å². The number of nitrogens with zero attached hydrogens (tertiary/aromatic N) is 5. The predicted molar refractivity (Wildman–Crippen MR) is 110 cm³/mol. The van der Waals surface area contributed by atoms with Gasteiger partial charge in [0.05, 0.1) is 5.69 Å². The Labute approximate surface area is 164 Å². The maximum atomic E-state index is 4.86. The van der Waals surface area contributed by atoms with Gasteiger partial charge >= 0.3 is 0 Å². The Balaban J connectivity index is 1.44. The van der Waals surface area contributed by atoms with Crippen molar-refractivity contribution in [2.75, 3.05) is 18.4 Å². The number of likely N-dealkylation sites (tertiary alicyclic amines) is 1. The van der Waals surface area contributed by atoms with Crippen LogP contribution in [0.15, 0.2) is 36.0 Å². The van der Waals surface area contributed by atoms with Gasteiger partial charge in [0.25, 0.3) is 0 Å². The second-order valence-corrected chi connectivity index (χ2v) is 7.97. The first-order chi connectivity index (χ1) is 13.2. The van der Waals surface area contributed by atoms with Crippen molar-refractivity contribution < 1.29 is 0 Å². The molecule has 1 fully saturated rings. The third-order valence-electron chi connectivity index (χ3n) is 5.13. The molecule has 27 heavy (non-hydrogen) atoms. The van der Waals surface area contributed by atoms with E-state index in [1.54, 1.807) is 17.5 Å². The standard InChI is InChI=1S/C20H26N6S/c1-3-26-14-17(15(2)24-26)13-25-10-5-6-16(12-25)18-7-4-8-19(22-18)23-20-21-9-11-27-20/h4,7-9,11,14,16H,3,5-6,10,12-13H2,1-2H3,(H,21,22,23). The van der Waals surface area contributed by atoms with Crippen LogP contribution < -0.4 is 5.32 Å². The highest BCUT2D eigenvalue weighted by Crippen LogP contribution is 2.28. The van der Waals surface area contributed by atoms with Gasteiger partial charge in [0.15, 0.2) is 5.13 Å². The Hall–Kier alpha value is -2.25. The van der Waals surface area contributed by atoms with Crippen molar-refractivity contribution in [3.05, 3.63) is 52.9 Å². The smallest absolute Gasteiger partial charge is 0.188 e. The monoisotopic (exact) mass is 382 g/mol. The molecule has 1 aliphatic heterocycles. The number of aryl methyl sites for hydroxylation is 2. The summed E-state index contributed by atoms with van der Waals surface area (Å²) in [5.41, 5.74) is 3.65. The summed E-state index contributed by atoms with van der Waals surface area (Å²) in [5, 5.41) is 10.7. The largest absolute Gasteiger partial charge is 0.316 e. The first-order valence-corrected chi connectivity index (χ1v) is 10.5. The highest BCUT2D eigenvalue weighted by Gasteiger charge is 2.23. The lowest BCUT2D eigenvalue weighted by molar-refractivity contribution is 0.198. The Morgan fingerprint density at radius 1 is 1.33 bits per heavy atom. The first kappa shape index (κ1) is 18.1. The topological polar surface area (TPSA) is 58.9 Å². The van der Waals surface area contributed by atoms with Crippen LogP contribution in [0.25, 0.3) is 0 Å². The average Bonchev–Trinajstić information content (AvgIpc) is 3.32. The van der Waals surface area contributed by atoms with E-state index in [0.29, 0.717) is 5.92 Å².